The predicted octanol–water partition coefficient (Wildman–Crippen LogP) is 6.03. The van der Waals surface area contributed by atoms with Crippen LogP contribution < -0.4 is 0 Å². The molecule has 1 unspecified atom stereocenters. The lowest BCUT2D eigenvalue weighted by atomic mass is 9.92. The van der Waals surface area contributed by atoms with Gasteiger partial charge in [-0.15, -0.1) is 0 Å². The summed E-state index contributed by atoms with van der Waals surface area (Å²) in [7, 11) is 0. The molecule has 1 saturated heterocycles. The molecular formula is C35H69NO7. The van der Waals surface area contributed by atoms with Gasteiger partial charge in [-0.2, -0.15) is 0 Å². The Labute approximate surface area is 263 Å². The monoisotopic (exact) mass is 616 g/mol. The van der Waals surface area contributed by atoms with E-state index in [9.17, 15) is 30.3 Å². The highest BCUT2D eigenvalue weighted by Gasteiger charge is 2.43. The SMILES string of the molecule is CCCCCCCCCCCCCCCCN(CC(O)C[C@@H]1O[C@H](CO)[C@@H](O)[C@H](O)[C@H]1O)C(=O)CCCCCCCCC. The van der Waals surface area contributed by atoms with E-state index in [0.717, 1.165) is 38.5 Å². The lowest BCUT2D eigenvalue weighted by Gasteiger charge is -2.41. The summed E-state index contributed by atoms with van der Waals surface area (Å²) in [5, 5.41) is 50.8. The smallest absolute Gasteiger partial charge is 0.222 e. The van der Waals surface area contributed by atoms with Gasteiger partial charge in [-0.3, -0.25) is 4.79 Å². The Morgan fingerprint density at radius 2 is 1.05 bits per heavy atom. The Hall–Kier alpha value is -0.770. The number of nitrogens with zero attached hydrogens (tertiary/aromatic N) is 1. The summed E-state index contributed by atoms with van der Waals surface area (Å²) >= 11 is 0. The molecule has 1 amide bonds. The zero-order valence-corrected chi connectivity index (χ0v) is 27.8. The zero-order chi connectivity index (χ0) is 31.7. The van der Waals surface area contributed by atoms with Crippen LogP contribution in [0.15, 0.2) is 0 Å². The van der Waals surface area contributed by atoms with Gasteiger partial charge in [0, 0.05) is 25.9 Å². The number of carbonyl (C=O) groups excluding carboxylic acids is 1. The molecule has 6 atom stereocenters. The van der Waals surface area contributed by atoms with Crippen LogP contribution in [-0.2, 0) is 9.53 Å². The molecule has 1 aliphatic rings. The minimum atomic E-state index is -1.46. The van der Waals surface area contributed by atoms with Crippen molar-refractivity contribution in [2.24, 2.45) is 0 Å². The molecule has 43 heavy (non-hydrogen) atoms. The third-order valence-corrected chi connectivity index (χ3v) is 9.06. The Kier molecular flexibility index (Phi) is 24.8. The van der Waals surface area contributed by atoms with E-state index in [2.05, 4.69) is 13.8 Å². The van der Waals surface area contributed by atoms with E-state index >= 15 is 0 Å². The lowest BCUT2D eigenvalue weighted by molar-refractivity contribution is -0.234. The highest BCUT2D eigenvalue weighted by atomic mass is 16.5. The summed E-state index contributed by atoms with van der Waals surface area (Å²) in [5.41, 5.74) is 0. The predicted molar refractivity (Wildman–Crippen MR) is 174 cm³/mol. The summed E-state index contributed by atoms with van der Waals surface area (Å²) in [6.45, 7) is 4.70. The number of aliphatic hydroxyl groups is 5. The molecule has 8 nitrogen and oxygen atoms in total. The largest absolute Gasteiger partial charge is 0.394 e. The Morgan fingerprint density at radius 1 is 0.628 bits per heavy atom. The highest BCUT2D eigenvalue weighted by Crippen LogP contribution is 2.24. The van der Waals surface area contributed by atoms with Gasteiger partial charge in [-0.25, -0.2) is 0 Å². The molecule has 256 valence electrons. The summed E-state index contributed by atoms with van der Waals surface area (Å²) in [4.78, 5) is 14.9. The molecule has 1 fully saturated rings. The van der Waals surface area contributed by atoms with Crippen molar-refractivity contribution < 1.29 is 35.1 Å². The average molecular weight is 616 g/mol. The minimum Gasteiger partial charge on any atom is -0.394 e. The number of carbonyl (C=O) groups is 1. The van der Waals surface area contributed by atoms with Crippen LogP contribution in [0.2, 0.25) is 0 Å². The molecule has 0 aromatic heterocycles. The molecule has 5 N–H and O–H groups in total. The second-order valence-corrected chi connectivity index (χ2v) is 13.1. The van der Waals surface area contributed by atoms with Crippen LogP contribution in [0, 0.1) is 0 Å². The number of hydrogen-bond acceptors (Lipinski definition) is 7. The van der Waals surface area contributed by atoms with Crippen LogP contribution in [-0.4, -0.2) is 92.7 Å². The fourth-order valence-electron chi connectivity index (χ4n) is 6.18. The Balaban J connectivity index is 2.42. The molecule has 0 aromatic rings. The normalized spacial score (nSPS) is 23.0. The molecule has 0 bridgehead atoms. The molecule has 0 aliphatic carbocycles. The Morgan fingerprint density at radius 3 is 1.51 bits per heavy atom. The topological polar surface area (TPSA) is 131 Å². The summed E-state index contributed by atoms with van der Waals surface area (Å²) in [5.74, 6) is 0.0519. The number of aliphatic hydroxyl groups excluding tert-OH is 5. The fraction of sp³-hybridized carbons (Fsp3) is 0.971. The van der Waals surface area contributed by atoms with Crippen molar-refractivity contribution in [3.05, 3.63) is 0 Å². The maximum atomic E-state index is 13.2. The van der Waals surface area contributed by atoms with E-state index in [-0.39, 0.29) is 18.9 Å². The summed E-state index contributed by atoms with van der Waals surface area (Å²) < 4.78 is 5.58. The molecular weight excluding hydrogens is 546 g/mol. The van der Waals surface area contributed by atoms with Gasteiger partial charge in [0.2, 0.25) is 5.91 Å². The van der Waals surface area contributed by atoms with Crippen molar-refractivity contribution in [2.75, 3.05) is 19.7 Å². The van der Waals surface area contributed by atoms with E-state index < -0.39 is 43.2 Å². The van der Waals surface area contributed by atoms with Crippen molar-refractivity contribution >= 4 is 5.91 Å². The number of unbranched alkanes of at least 4 members (excludes halogenated alkanes) is 19. The molecule has 0 radical (unpaired) electrons. The highest BCUT2D eigenvalue weighted by molar-refractivity contribution is 5.76. The molecule has 1 heterocycles. The number of amides is 1. The fourth-order valence-corrected chi connectivity index (χ4v) is 6.18. The summed E-state index contributed by atoms with van der Waals surface area (Å²) in [6, 6.07) is 0. The quantitative estimate of drug-likeness (QED) is 0.0680. The van der Waals surface area contributed by atoms with Crippen molar-refractivity contribution in [2.45, 2.75) is 198 Å². The first-order chi connectivity index (χ1) is 20.8. The lowest BCUT2D eigenvalue weighted by Crippen LogP contribution is -2.59. The van der Waals surface area contributed by atoms with E-state index in [4.69, 9.17) is 4.74 Å². The zero-order valence-electron chi connectivity index (χ0n) is 27.8. The standard InChI is InChI=1S/C35H69NO7/c1-3-5-7-9-11-12-13-14-15-16-17-19-21-23-25-36(32(39)24-22-20-18-10-8-6-4-2)27-29(38)26-30-33(40)35(42)34(41)31(28-37)43-30/h29-31,33-35,37-38,40-42H,3-28H2,1-2H3/t29?,30-,31+,33-,34+,35+/m0/s1. The van der Waals surface area contributed by atoms with Crippen molar-refractivity contribution in [1.82, 2.24) is 4.90 Å². The molecule has 1 aliphatic heterocycles. The third-order valence-electron chi connectivity index (χ3n) is 9.06. The molecule has 0 saturated carbocycles. The van der Waals surface area contributed by atoms with Gasteiger partial charge in [0.15, 0.2) is 0 Å². The summed E-state index contributed by atoms with van der Waals surface area (Å²) in [6.07, 6.45) is 19.1. The minimum absolute atomic E-state index is 0.00138. The van der Waals surface area contributed by atoms with Gasteiger partial charge < -0.3 is 35.2 Å². The maximum absolute atomic E-state index is 13.2. The third kappa shape index (κ3) is 18.7. The van der Waals surface area contributed by atoms with Crippen molar-refractivity contribution in [3.8, 4) is 0 Å². The van der Waals surface area contributed by atoms with E-state index in [1.807, 2.05) is 0 Å². The van der Waals surface area contributed by atoms with Gasteiger partial charge in [-0.1, -0.05) is 136 Å². The average Bonchev–Trinajstić information content (AvgIpc) is 3.00. The molecule has 0 spiro atoms. The first-order valence-electron chi connectivity index (χ1n) is 18.1. The van der Waals surface area contributed by atoms with Crippen molar-refractivity contribution in [3.63, 3.8) is 0 Å². The van der Waals surface area contributed by atoms with E-state index in [0.29, 0.717) is 13.0 Å². The van der Waals surface area contributed by atoms with Crippen LogP contribution in [0.3, 0.4) is 0 Å². The number of rotatable bonds is 28. The Bertz CT molecular complexity index is 650. The second-order valence-electron chi connectivity index (χ2n) is 13.1. The van der Waals surface area contributed by atoms with Gasteiger partial charge in [0.05, 0.1) is 18.8 Å². The van der Waals surface area contributed by atoms with Gasteiger partial charge >= 0.3 is 0 Å². The van der Waals surface area contributed by atoms with Crippen LogP contribution in [0.25, 0.3) is 0 Å². The van der Waals surface area contributed by atoms with E-state index in [1.54, 1.807) is 4.90 Å². The molecule has 8 heteroatoms. The van der Waals surface area contributed by atoms with Crippen LogP contribution in [0.1, 0.15) is 162 Å². The second kappa shape index (κ2) is 26.4. The molecule has 1 rings (SSSR count). The number of hydrogen-bond donors (Lipinski definition) is 5. The maximum Gasteiger partial charge on any atom is 0.222 e. The first-order valence-corrected chi connectivity index (χ1v) is 18.1. The van der Waals surface area contributed by atoms with Crippen LogP contribution in [0.5, 0.6) is 0 Å². The van der Waals surface area contributed by atoms with Crippen LogP contribution in [0.4, 0.5) is 0 Å². The van der Waals surface area contributed by atoms with Crippen molar-refractivity contribution in [1.29, 1.82) is 0 Å². The molecule has 0 aromatic carbocycles. The number of ether oxygens (including phenoxy) is 1. The first kappa shape index (κ1) is 40.3. The van der Waals surface area contributed by atoms with Gasteiger partial charge in [-0.05, 0) is 12.8 Å². The van der Waals surface area contributed by atoms with E-state index in [1.165, 1.54) is 96.3 Å². The van der Waals surface area contributed by atoms with Gasteiger partial charge in [0.25, 0.3) is 0 Å². The van der Waals surface area contributed by atoms with Gasteiger partial charge in [0.1, 0.15) is 24.4 Å². The van der Waals surface area contributed by atoms with Crippen LogP contribution >= 0.6 is 0 Å².